The Bertz CT molecular complexity index is 1090. The van der Waals surface area contributed by atoms with Gasteiger partial charge in [-0.1, -0.05) is 17.7 Å². The predicted molar refractivity (Wildman–Crippen MR) is 110 cm³/mol. The van der Waals surface area contributed by atoms with Crippen LogP contribution in [0.15, 0.2) is 53.3 Å². The number of amides is 1. The van der Waals surface area contributed by atoms with Crippen molar-refractivity contribution in [1.82, 2.24) is 15.1 Å². The first kappa shape index (κ1) is 20.4. The molecule has 150 valence electrons. The molecule has 0 fully saturated rings. The number of rotatable bonds is 6. The van der Waals surface area contributed by atoms with Crippen LogP contribution in [0, 0.1) is 6.92 Å². The molecule has 1 heterocycles. The molecule has 7 nitrogen and oxygen atoms in total. The molecule has 0 saturated heterocycles. The number of methoxy groups -OCH3 is 2. The molecule has 0 spiro atoms. The van der Waals surface area contributed by atoms with Crippen LogP contribution in [0.5, 0.6) is 11.5 Å². The zero-order valence-electron chi connectivity index (χ0n) is 16.2. The molecule has 1 aromatic heterocycles. The van der Waals surface area contributed by atoms with Crippen LogP contribution in [-0.4, -0.2) is 29.9 Å². The van der Waals surface area contributed by atoms with Crippen molar-refractivity contribution in [3.8, 4) is 17.2 Å². The van der Waals surface area contributed by atoms with E-state index in [4.69, 9.17) is 21.1 Å². The Morgan fingerprint density at radius 1 is 1.07 bits per heavy atom. The smallest absolute Gasteiger partial charge is 0.276 e. The number of hydrogen-bond donors (Lipinski definition) is 1. The summed E-state index contributed by atoms with van der Waals surface area (Å²) >= 11 is 5.93. The van der Waals surface area contributed by atoms with E-state index in [2.05, 4.69) is 10.4 Å². The lowest BCUT2D eigenvalue weighted by molar-refractivity contribution is 0.0943. The molecular formula is C21H20ClN3O4. The highest BCUT2D eigenvalue weighted by molar-refractivity contribution is 6.30. The number of aryl methyl sites for hydroxylation is 1. The second-order valence-electron chi connectivity index (χ2n) is 6.26. The molecule has 0 aliphatic carbocycles. The number of carbonyl (C=O) groups excluding carboxylic acids is 1. The van der Waals surface area contributed by atoms with Crippen molar-refractivity contribution in [1.29, 1.82) is 0 Å². The molecule has 0 aliphatic heterocycles. The first-order chi connectivity index (χ1) is 13.9. The lowest BCUT2D eigenvalue weighted by Crippen LogP contribution is -2.31. The maximum atomic E-state index is 12.6. The number of nitrogens with one attached hydrogen (secondary N) is 1. The van der Waals surface area contributed by atoms with Gasteiger partial charge in [0.15, 0.2) is 17.2 Å². The van der Waals surface area contributed by atoms with Crippen molar-refractivity contribution in [2.45, 2.75) is 13.5 Å². The second-order valence-corrected chi connectivity index (χ2v) is 6.70. The molecule has 0 saturated carbocycles. The first-order valence-corrected chi connectivity index (χ1v) is 9.16. The number of carbonyl (C=O) groups is 1. The topological polar surface area (TPSA) is 82.5 Å². The van der Waals surface area contributed by atoms with E-state index in [1.807, 2.05) is 0 Å². The standard InChI is InChI=1S/C21H20ClN3O4/c1-13-10-17(26)20(24-25(13)16-7-5-15(22)6-8-16)21(27)23-12-14-4-9-18(28-2)19(11-14)29-3/h4-11H,12H2,1-3H3,(H,23,27). The van der Waals surface area contributed by atoms with Gasteiger partial charge in [-0.15, -0.1) is 0 Å². The summed E-state index contributed by atoms with van der Waals surface area (Å²) in [5.74, 6) is 0.582. The minimum absolute atomic E-state index is 0.189. The monoisotopic (exact) mass is 413 g/mol. The van der Waals surface area contributed by atoms with Crippen LogP contribution in [0.2, 0.25) is 5.02 Å². The minimum Gasteiger partial charge on any atom is -0.493 e. The van der Waals surface area contributed by atoms with Gasteiger partial charge in [-0.2, -0.15) is 5.10 Å². The molecule has 29 heavy (non-hydrogen) atoms. The van der Waals surface area contributed by atoms with Crippen LogP contribution in [0.3, 0.4) is 0 Å². The molecule has 0 bridgehead atoms. The summed E-state index contributed by atoms with van der Waals surface area (Å²) in [5, 5.41) is 7.55. The Morgan fingerprint density at radius 3 is 2.41 bits per heavy atom. The highest BCUT2D eigenvalue weighted by atomic mass is 35.5. The maximum Gasteiger partial charge on any atom is 0.276 e. The Balaban J connectivity index is 1.83. The quantitative estimate of drug-likeness (QED) is 0.671. The maximum absolute atomic E-state index is 12.6. The van der Waals surface area contributed by atoms with E-state index < -0.39 is 11.3 Å². The van der Waals surface area contributed by atoms with Crippen molar-refractivity contribution < 1.29 is 14.3 Å². The van der Waals surface area contributed by atoms with E-state index in [1.54, 1.807) is 56.5 Å². The van der Waals surface area contributed by atoms with Crippen molar-refractivity contribution in [3.05, 3.63) is 80.7 Å². The summed E-state index contributed by atoms with van der Waals surface area (Å²) in [6.07, 6.45) is 0. The Labute approximate surface area is 172 Å². The fourth-order valence-electron chi connectivity index (χ4n) is 2.80. The van der Waals surface area contributed by atoms with Gasteiger partial charge in [0.1, 0.15) is 0 Å². The summed E-state index contributed by atoms with van der Waals surface area (Å²) in [4.78, 5) is 24.9. The van der Waals surface area contributed by atoms with Gasteiger partial charge >= 0.3 is 0 Å². The van der Waals surface area contributed by atoms with Crippen LogP contribution >= 0.6 is 11.6 Å². The fraction of sp³-hybridized carbons (Fsp3) is 0.190. The molecule has 8 heteroatoms. The van der Waals surface area contributed by atoms with Crippen molar-refractivity contribution in [2.75, 3.05) is 14.2 Å². The Hall–Kier alpha value is -3.32. The summed E-state index contributed by atoms with van der Waals surface area (Å²) in [6, 6.07) is 13.6. The van der Waals surface area contributed by atoms with Gasteiger partial charge in [0, 0.05) is 23.3 Å². The van der Waals surface area contributed by atoms with E-state index in [0.29, 0.717) is 27.9 Å². The van der Waals surface area contributed by atoms with Gasteiger partial charge in [-0.25, -0.2) is 4.68 Å². The first-order valence-electron chi connectivity index (χ1n) is 8.79. The summed E-state index contributed by atoms with van der Waals surface area (Å²) in [5.41, 5.74) is 1.46. The van der Waals surface area contributed by atoms with Gasteiger partial charge in [0.05, 0.1) is 19.9 Å². The van der Waals surface area contributed by atoms with Gasteiger partial charge in [0.25, 0.3) is 5.91 Å². The molecule has 3 aromatic rings. The number of benzene rings is 2. The number of halogens is 1. The second kappa shape index (κ2) is 8.79. The summed E-state index contributed by atoms with van der Waals surface area (Å²) in [7, 11) is 3.09. The van der Waals surface area contributed by atoms with Gasteiger partial charge in [-0.05, 0) is 48.9 Å². The highest BCUT2D eigenvalue weighted by Gasteiger charge is 2.15. The van der Waals surface area contributed by atoms with Gasteiger partial charge in [-0.3, -0.25) is 9.59 Å². The number of nitrogens with zero attached hydrogens (tertiary/aromatic N) is 2. The molecule has 1 amide bonds. The van der Waals surface area contributed by atoms with E-state index in [-0.39, 0.29) is 12.2 Å². The largest absolute Gasteiger partial charge is 0.493 e. The van der Waals surface area contributed by atoms with E-state index in [1.165, 1.54) is 17.9 Å². The van der Waals surface area contributed by atoms with Gasteiger partial charge in [0.2, 0.25) is 5.43 Å². The highest BCUT2D eigenvalue weighted by Crippen LogP contribution is 2.27. The lowest BCUT2D eigenvalue weighted by atomic mass is 10.2. The van der Waals surface area contributed by atoms with Crippen molar-refractivity contribution >= 4 is 17.5 Å². The molecule has 1 N–H and O–H groups in total. The van der Waals surface area contributed by atoms with Crippen LogP contribution in [0.1, 0.15) is 21.7 Å². The zero-order valence-corrected chi connectivity index (χ0v) is 17.0. The SMILES string of the molecule is COc1ccc(CNC(=O)c2nn(-c3ccc(Cl)cc3)c(C)cc2=O)cc1OC. The third kappa shape index (κ3) is 4.57. The van der Waals surface area contributed by atoms with Crippen molar-refractivity contribution in [2.24, 2.45) is 0 Å². The predicted octanol–water partition coefficient (Wildman–Crippen LogP) is 3.14. The molecular weight excluding hydrogens is 394 g/mol. The van der Waals surface area contributed by atoms with E-state index in [9.17, 15) is 9.59 Å². The van der Waals surface area contributed by atoms with Crippen LogP contribution in [-0.2, 0) is 6.54 Å². The third-order valence-electron chi connectivity index (χ3n) is 4.29. The van der Waals surface area contributed by atoms with Gasteiger partial charge < -0.3 is 14.8 Å². The Kier molecular flexibility index (Phi) is 6.19. The molecule has 2 aromatic carbocycles. The Morgan fingerprint density at radius 2 is 1.76 bits per heavy atom. The molecule has 0 radical (unpaired) electrons. The fourth-order valence-corrected chi connectivity index (χ4v) is 2.93. The summed E-state index contributed by atoms with van der Waals surface area (Å²) in [6.45, 7) is 1.95. The van der Waals surface area contributed by atoms with Crippen molar-refractivity contribution in [3.63, 3.8) is 0 Å². The molecule has 0 unspecified atom stereocenters. The minimum atomic E-state index is -0.563. The lowest BCUT2D eigenvalue weighted by Gasteiger charge is -2.12. The van der Waals surface area contributed by atoms with Crippen LogP contribution < -0.4 is 20.2 Å². The van der Waals surface area contributed by atoms with Crippen LogP contribution in [0.4, 0.5) is 0 Å². The average Bonchev–Trinajstić information content (AvgIpc) is 2.72. The normalized spacial score (nSPS) is 10.5. The number of hydrogen-bond acceptors (Lipinski definition) is 5. The number of aromatic nitrogens is 2. The van der Waals surface area contributed by atoms with E-state index >= 15 is 0 Å². The number of ether oxygens (including phenoxy) is 2. The third-order valence-corrected chi connectivity index (χ3v) is 4.55. The molecule has 0 aliphatic rings. The molecule has 3 rings (SSSR count). The zero-order chi connectivity index (χ0) is 21.0. The van der Waals surface area contributed by atoms with Crippen LogP contribution in [0.25, 0.3) is 5.69 Å². The van der Waals surface area contributed by atoms with E-state index in [0.717, 1.165) is 5.56 Å². The average molecular weight is 414 g/mol. The summed E-state index contributed by atoms with van der Waals surface area (Å²) < 4.78 is 12.0. The molecule has 0 atom stereocenters.